The molecule has 0 spiro atoms. The number of benzene rings is 2. The first-order chi connectivity index (χ1) is 19.7. The van der Waals surface area contributed by atoms with Crippen LogP contribution in [0.2, 0.25) is 0 Å². The minimum atomic E-state index is -0.760. The number of anilines is 1. The van der Waals surface area contributed by atoms with Gasteiger partial charge in [-0.05, 0) is 62.1 Å². The third-order valence-electron chi connectivity index (χ3n) is 8.59. The zero-order valence-electron chi connectivity index (χ0n) is 25.2. The maximum absolute atomic E-state index is 14.2. The van der Waals surface area contributed by atoms with Crippen molar-refractivity contribution in [3.05, 3.63) is 65.2 Å². The van der Waals surface area contributed by atoms with Crippen molar-refractivity contribution in [2.45, 2.75) is 91.8 Å². The van der Waals surface area contributed by atoms with Crippen molar-refractivity contribution in [3.8, 4) is 0 Å². The van der Waals surface area contributed by atoms with Crippen molar-refractivity contribution in [1.82, 2.24) is 10.2 Å². The lowest BCUT2D eigenvalue weighted by atomic mass is 9.80. The highest BCUT2D eigenvalue weighted by Gasteiger charge is 2.45. The van der Waals surface area contributed by atoms with Crippen molar-refractivity contribution in [2.24, 2.45) is 17.8 Å². The van der Waals surface area contributed by atoms with Crippen LogP contribution in [-0.4, -0.2) is 47.0 Å². The van der Waals surface area contributed by atoms with Crippen LogP contribution >= 0.6 is 0 Å². The lowest BCUT2D eigenvalue weighted by Gasteiger charge is -2.32. The molecule has 2 aromatic rings. The zero-order chi connectivity index (χ0) is 29.7. The number of para-hydroxylation sites is 1. The fourth-order valence-corrected chi connectivity index (χ4v) is 6.56. The Hall–Kier alpha value is -3.48. The van der Waals surface area contributed by atoms with Gasteiger partial charge in [-0.25, -0.2) is 0 Å². The standard InChI is InChI=1S/C34H45N3O4/c1-6-12-27(23(5)38)28(19-22(3)4)32(39)35-29-18-17-25-15-11-16-26-20-30(37(31(25)26)33(29)40)34(41)36(7-2)21-24-13-9-8-10-14-24/h8-11,13-16,22,27-30H,6-7,12,17-21H2,1-5H3,(H,35,39)/t27-,28-,29+,30+/m1/s1. The summed E-state index contributed by atoms with van der Waals surface area (Å²) in [5.41, 5.74) is 3.89. The van der Waals surface area contributed by atoms with Crippen LogP contribution < -0.4 is 10.2 Å². The lowest BCUT2D eigenvalue weighted by Crippen LogP contribution is -2.56. The van der Waals surface area contributed by atoms with E-state index in [0.717, 1.165) is 28.8 Å². The first-order valence-electron chi connectivity index (χ1n) is 15.2. The quantitative estimate of drug-likeness (QED) is 0.392. The minimum absolute atomic E-state index is 0.0140. The Morgan fingerprint density at radius 1 is 1.00 bits per heavy atom. The second-order valence-corrected chi connectivity index (χ2v) is 12.0. The molecule has 0 aliphatic carbocycles. The summed E-state index contributed by atoms with van der Waals surface area (Å²) in [6.07, 6.45) is 3.56. The highest BCUT2D eigenvalue weighted by molar-refractivity contribution is 6.08. The van der Waals surface area contributed by atoms with Gasteiger partial charge < -0.3 is 10.2 Å². The van der Waals surface area contributed by atoms with Crippen molar-refractivity contribution < 1.29 is 19.2 Å². The number of rotatable bonds is 12. The molecule has 0 saturated carbocycles. The molecule has 0 fully saturated rings. The average molecular weight is 560 g/mol. The average Bonchev–Trinajstić information content (AvgIpc) is 3.29. The molecule has 3 amide bonds. The van der Waals surface area contributed by atoms with Crippen LogP contribution in [0.15, 0.2) is 48.5 Å². The molecule has 4 atom stereocenters. The molecular weight excluding hydrogens is 514 g/mol. The molecule has 2 heterocycles. The van der Waals surface area contributed by atoms with E-state index in [0.29, 0.717) is 45.2 Å². The normalized spacial score (nSPS) is 19.4. The van der Waals surface area contributed by atoms with Gasteiger partial charge in [0.25, 0.3) is 0 Å². The number of nitrogens with zero attached hydrogens (tertiary/aromatic N) is 2. The van der Waals surface area contributed by atoms with Crippen LogP contribution in [0.3, 0.4) is 0 Å². The fraction of sp³-hybridized carbons (Fsp3) is 0.529. The maximum Gasteiger partial charge on any atom is 0.250 e. The molecule has 41 heavy (non-hydrogen) atoms. The molecule has 0 radical (unpaired) electrons. The van der Waals surface area contributed by atoms with Crippen molar-refractivity contribution in [3.63, 3.8) is 0 Å². The summed E-state index contributed by atoms with van der Waals surface area (Å²) in [5.74, 6) is -1.18. The summed E-state index contributed by atoms with van der Waals surface area (Å²) < 4.78 is 0. The van der Waals surface area contributed by atoms with Crippen LogP contribution in [0, 0.1) is 17.8 Å². The topological polar surface area (TPSA) is 86.8 Å². The van der Waals surface area contributed by atoms with E-state index < -0.39 is 18.0 Å². The van der Waals surface area contributed by atoms with Gasteiger partial charge in [-0.3, -0.25) is 24.1 Å². The van der Waals surface area contributed by atoms with E-state index in [9.17, 15) is 19.2 Å². The number of ketones is 1. The molecule has 2 aromatic carbocycles. The van der Waals surface area contributed by atoms with Crippen molar-refractivity contribution >= 4 is 29.2 Å². The molecule has 0 aromatic heterocycles. The fourth-order valence-electron chi connectivity index (χ4n) is 6.56. The third kappa shape index (κ3) is 6.71. The Bertz CT molecular complexity index is 1260. The third-order valence-corrected chi connectivity index (χ3v) is 8.59. The molecule has 1 N–H and O–H groups in total. The van der Waals surface area contributed by atoms with Crippen LogP contribution in [0.5, 0.6) is 0 Å². The van der Waals surface area contributed by atoms with E-state index in [2.05, 4.69) is 5.32 Å². The van der Waals surface area contributed by atoms with Gasteiger partial charge in [0.1, 0.15) is 17.9 Å². The summed E-state index contributed by atoms with van der Waals surface area (Å²) in [6.45, 7) is 10.6. The number of carbonyl (C=O) groups is 4. The molecular formula is C34H45N3O4. The summed E-state index contributed by atoms with van der Waals surface area (Å²) in [6, 6.07) is 14.5. The van der Waals surface area contributed by atoms with Crippen LogP contribution in [0.25, 0.3) is 0 Å². The first kappa shape index (κ1) is 30.5. The Labute approximate surface area is 244 Å². The van der Waals surface area contributed by atoms with E-state index >= 15 is 0 Å². The van der Waals surface area contributed by atoms with E-state index in [1.165, 1.54) is 0 Å². The van der Waals surface area contributed by atoms with Gasteiger partial charge >= 0.3 is 0 Å². The molecule has 7 nitrogen and oxygen atoms in total. The SMILES string of the molecule is CCC[C@H](C(C)=O)[C@@H](CC(C)C)C(=O)N[C@H]1CCc2cccc3c2N(C1=O)[C@H](C(=O)N(CC)Cc1ccccc1)C3. The smallest absolute Gasteiger partial charge is 0.250 e. The van der Waals surface area contributed by atoms with Gasteiger partial charge in [-0.2, -0.15) is 0 Å². The Balaban J connectivity index is 1.62. The highest BCUT2D eigenvalue weighted by atomic mass is 16.2. The van der Waals surface area contributed by atoms with E-state index in [-0.39, 0.29) is 35.3 Å². The lowest BCUT2D eigenvalue weighted by molar-refractivity contribution is -0.137. The monoisotopic (exact) mass is 559 g/mol. The number of Topliss-reactive ketones (excluding diaryl/α,β-unsaturated/α-hetero) is 1. The first-order valence-corrected chi connectivity index (χ1v) is 15.2. The predicted octanol–water partition coefficient (Wildman–Crippen LogP) is 5.09. The second kappa shape index (κ2) is 13.5. The highest BCUT2D eigenvalue weighted by Crippen LogP contribution is 2.40. The molecule has 2 aliphatic heterocycles. The summed E-state index contributed by atoms with van der Waals surface area (Å²) in [4.78, 5) is 58.1. The van der Waals surface area contributed by atoms with Gasteiger partial charge in [0.2, 0.25) is 17.7 Å². The van der Waals surface area contributed by atoms with E-state index in [1.807, 2.05) is 76.2 Å². The maximum atomic E-state index is 14.2. The minimum Gasteiger partial charge on any atom is -0.344 e. The van der Waals surface area contributed by atoms with Gasteiger partial charge in [-0.15, -0.1) is 0 Å². The number of carbonyl (C=O) groups excluding carboxylic acids is 4. The number of likely N-dealkylation sites (N-methyl/N-ethyl adjacent to an activating group) is 1. The largest absolute Gasteiger partial charge is 0.344 e. The van der Waals surface area contributed by atoms with E-state index in [4.69, 9.17) is 0 Å². The number of nitrogens with one attached hydrogen (secondary N) is 1. The Morgan fingerprint density at radius 2 is 1.71 bits per heavy atom. The molecule has 2 aliphatic rings. The summed E-state index contributed by atoms with van der Waals surface area (Å²) in [7, 11) is 0. The molecule has 0 bridgehead atoms. The van der Waals surface area contributed by atoms with Crippen LogP contribution in [0.1, 0.15) is 77.0 Å². The molecule has 4 rings (SSSR count). The zero-order valence-corrected chi connectivity index (χ0v) is 25.2. The molecule has 0 saturated heterocycles. The molecule has 7 heteroatoms. The van der Waals surface area contributed by atoms with E-state index in [1.54, 1.807) is 16.7 Å². The summed E-state index contributed by atoms with van der Waals surface area (Å²) in [5, 5.41) is 3.07. The molecule has 220 valence electrons. The van der Waals surface area contributed by atoms with Crippen LogP contribution in [0.4, 0.5) is 5.69 Å². The van der Waals surface area contributed by atoms with Crippen molar-refractivity contribution in [1.29, 1.82) is 0 Å². The summed E-state index contributed by atoms with van der Waals surface area (Å²) >= 11 is 0. The van der Waals surface area contributed by atoms with Crippen LogP contribution in [-0.2, 0) is 38.6 Å². The number of aryl methyl sites for hydroxylation is 1. The van der Waals surface area contributed by atoms with Gasteiger partial charge in [-0.1, -0.05) is 75.7 Å². The number of amides is 3. The number of hydrogen-bond donors (Lipinski definition) is 1. The second-order valence-electron chi connectivity index (χ2n) is 12.0. The Morgan fingerprint density at radius 3 is 2.34 bits per heavy atom. The molecule has 0 unspecified atom stereocenters. The van der Waals surface area contributed by atoms with Gasteiger partial charge in [0.05, 0.1) is 5.69 Å². The predicted molar refractivity (Wildman–Crippen MR) is 161 cm³/mol. The number of hydrogen-bond acceptors (Lipinski definition) is 4. The van der Waals surface area contributed by atoms with Gasteiger partial charge in [0, 0.05) is 31.3 Å². The van der Waals surface area contributed by atoms with Gasteiger partial charge in [0.15, 0.2) is 0 Å². The Kier molecular flexibility index (Phi) is 10.0. The van der Waals surface area contributed by atoms with Crippen molar-refractivity contribution in [2.75, 3.05) is 11.4 Å².